The standard InChI is InChI=1S/C39H57NO3/c1-25(2)28-14-19-39(24-40-22-23-41)21-20-37(6)30(33(28)39)12-13-32-36(5)17-15-29(26-8-10-27(11-9-26)34(42)43)35(3,4)31(36)16-18-38(32,37)7/h8-11,15,28,30-33,40-41H,1,12-14,16-24H2,2-7H3,(H,42,43)/t28-,30+,31-,32+,33+,36-,37+,38+,39+/m0/s1. The van der Waals surface area contributed by atoms with Crippen molar-refractivity contribution in [3.8, 4) is 0 Å². The predicted molar refractivity (Wildman–Crippen MR) is 176 cm³/mol. The maximum atomic E-state index is 11.5. The van der Waals surface area contributed by atoms with Gasteiger partial charge in [-0.2, -0.15) is 0 Å². The van der Waals surface area contributed by atoms with Gasteiger partial charge in [0.15, 0.2) is 0 Å². The maximum Gasteiger partial charge on any atom is 0.335 e. The summed E-state index contributed by atoms with van der Waals surface area (Å²) in [5.74, 6) is 2.51. The van der Waals surface area contributed by atoms with Crippen molar-refractivity contribution < 1.29 is 15.0 Å². The molecule has 1 aromatic rings. The van der Waals surface area contributed by atoms with Crippen LogP contribution in [0.4, 0.5) is 0 Å². The van der Waals surface area contributed by atoms with Crippen LogP contribution >= 0.6 is 0 Å². The van der Waals surface area contributed by atoms with Gasteiger partial charge in [0.2, 0.25) is 0 Å². The molecule has 4 heteroatoms. The second-order valence-corrected chi connectivity index (χ2v) is 16.9. The number of nitrogens with one attached hydrogen (secondary N) is 1. The van der Waals surface area contributed by atoms with Gasteiger partial charge in [-0.1, -0.05) is 65.0 Å². The lowest BCUT2D eigenvalue weighted by atomic mass is 9.32. The number of carboxylic acids is 1. The van der Waals surface area contributed by atoms with Gasteiger partial charge < -0.3 is 15.5 Å². The van der Waals surface area contributed by atoms with Crippen LogP contribution < -0.4 is 5.32 Å². The van der Waals surface area contributed by atoms with Crippen molar-refractivity contribution in [2.75, 3.05) is 19.7 Å². The van der Waals surface area contributed by atoms with E-state index in [4.69, 9.17) is 0 Å². The lowest BCUT2D eigenvalue weighted by molar-refractivity contribution is -0.225. The second-order valence-electron chi connectivity index (χ2n) is 16.9. The second kappa shape index (κ2) is 10.6. The topological polar surface area (TPSA) is 69.6 Å². The Balaban J connectivity index is 1.34. The highest BCUT2D eigenvalue weighted by atomic mass is 16.4. The lowest BCUT2D eigenvalue weighted by Gasteiger charge is -2.72. The van der Waals surface area contributed by atoms with Gasteiger partial charge in [0.25, 0.3) is 0 Å². The first kappa shape index (κ1) is 31.1. The summed E-state index contributed by atoms with van der Waals surface area (Å²) < 4.78 is 0. The lowest BCUT2D eigenvalue weighted by Crippen LogP contribution is -2.65. The van der Waals surface area contributed by atoms with Crippen molar-refractivity contribution in [2.45, 2.75) is 99.3 Å². The van der Waals surface area contributed by atoms with E-state index in [1.165, 1.54) is 68.1 Å². The zero-order chi connectivity index (χ0) is 31.0. The first-order chi connectivity index (χ1) is 20.2. The van der Waals surface area contributed by atoms with Crippen molar-refractivity contribution in [2.24, 2.45) is 56.7 Å². The zero-order valence-corrected chi connectivity index (χ0v) is 27.8. The number of carbonyl (C=O) groups is 1. The Morgan fingerprint density at radius 1 is 0.930 bits per heavy atom. The van der Waals surface area contributed by atoms with Crippen LogP contribution in [0.15, 0.2) is 42.5 Å². The fraction of sp³-hybridized carbons (Fsp3) is 0.718. The number of aliphatic hydroxyl groups excluding tert-OH is 1. The highest BCUT2D eigenvalue weighted by Gasteiger charge is 2.70. The van der Waals surface area contributed by atoms with E-state index in [1.807, 2.05) is 12.1 Å². The molecule has 1 aromatic carbocycles. The highest BCUT2D eigenvalue weighted by Crippen LogP contribution is 2.77. The summed E-state index contributed by atoms with van der Waals surface area (Å²) >= 11 is 0. The van der Waals surface area contributed by atoms with Gasteiger partial charge in [0.1, 0.15) is 0 Å². The summed E-state index contributed by atoms with van der Waals surface area (Å²) in [7, 11) is 0. The third-order valence-electron chi connectivity index (χ3n) is 15.0. The zero-order valence-electron chi connectivity index (χ0n) is 27.8. The summed E-state index contributed by atoms with van der Waals surface area (Å²) in [6, 6.07) is 7.60. The predicted octanol–water partition coefficient (Wildman–Crippen LogP) is 8.62. The molecule has 0 aromatic heterocycles. The summed E-state index contributed by atoms with van der Waals surface area (Å²) in [5.41, 5.74) is 5.63. The van der Waals surface area contributed by atoms with Crippen LogP contribution in [-0.4, -0.2) is 35.9 Å². The summed E-state index contributed by atoms with van der Waals surface area (Å²) in [4.78, 5) is 11.5. The molecule has 236 valence electrons. The van der Waals surface area contributed by atoms with Gasteiger partial charge in [0.05, 0.1) is 12.2 Å². The molecule has 0 saturated heterocycles. The van der Waals surface area contributed by atoms with Gasteiger partial charge in [-0.15, -0.1) is 0 Å². The molecular formula is C39H57NO3. The van der Waals surface area contributed by atoms with Crippen LogP contribution in [0.2, 0.25) is 0 Å². The highest BCUT2D eigenvalue weighted by molar-refractivity contribution is 5.88. The van der Waals surface area contributed by atoms with Crippen LogP contribution in [0.3, 0.4) is 0 Å². The van der Waals surface area contributed by atoms with Gasteiger partial charge in [-0.3, -0.25) is 0 Å². The van der Waals surface area contributed by atoms with Gasteiger partial charge in [0, 0.05) is 13.1 Å². The first-order valence-corrected chi connectivity index (χ1v) is 17.3. The number of allylic oxidation sites excluding steroid dienone is 3. The fourth-order valence-electron chi connectivity index (χ4n) is 12.9. The molecule has 9 atom stereocenters. The fourth-order valence-corrected chi connectivity index (χ4v) is 12.9. The van der Waals surface area contributed by atoms with Crippen LogP contribution in [0, 0.1) is 56.7 Å². The normalized spacial score (nSPS) is 43.0. The number of benzene rings is 1. The van der Waals surface area contributed by atoms with E-state index in [1.54, 1.807) is 12.1 Å². The molecule has 0 spiro atoms. The molecule has 0 heterocycles. The molecule has 5 aliphatic carbocycles. The Hall–Kier alpha value is -1.91. The van der Waals surface area contributed by atoms with E-state index in [0.717, 1.165) is 18.9 Å². The summed E-state index contributed by atoms with van der Waals surface area (Å²) in [5, 5.41) is 22.6. The van der Waals surface area contributed by atoms with E-state index in [-0.39, 0.29) is 17.4 Å². The molecule has 4 saturated carbocycles. The minimum absolute atomic E-state index is 0.0351. The van der Waals surface area contributed by atoms with Gasteiger partial charge >= 0.3 is 5.97 Å². The molecule has 43 heavy (non-hydrogen) atoms. The molecule has 5 aliphatic rings. The monoisotopic (exact) mass is 587 g/mol. The Morgan fingerprint density at radius 2 is 1.65 bits per heavy atom. The van der Waals surface area contributed by atoms with Crippen LogP contribution in [0.5, 0.6) is 0 Å². The number of hydrogen-bond acceptors (Lipinski definition) is 3. The minimum Gasteiger partial charge on any atom is -0.478 e. The van der Waals surface area contributed by atoms with Gasteiger partial charge in [-0.05, 0) is 145 Å². The first-order valence-electron chi connectivity index (χ1n) is 17.3. The van der Waals surface area contributed by atoms with E-state index >= 15 is 0 Å². The number of carboxylic acid groups (broad SMARTS) is 1. The average Bonchev–Trinajstić information content (AvgIpc) is 3.33. The van der Waals surface area contributed by atoms with Crippen LogP contribution in [0.1, 0.15) is 115 Å². The van der Waals surface area contributed by atoms with Crippen LogP contribution in [0.25, 0.3) is 5.57 Å². The van der Waals surface area contributed by atoms with Crippen molar-refractivity contribution in [3.05, 3.63) is 53.6 Å². The van der Waals surface area contributed by atoms with E-state index in [9.17, 15) is 15.0 Å². The average molecular weight is 588 g/mol. The number of fused-ring (bicyclic) bond motifs is 7. The Kier molecular flexibility index (Phi) is 7.65. The number of hydrogen-bond donors (Lipinski definition) is 3. The molecule has 0 radical (unpaired) electrons. The quantitative estimate of drug-likeness (QED) is 0.221. The van der Waals surface area contributed by atoms with Gasteiger partial charge in [-0.25, -0.2) is 4.79 Å². The molecule has 0 amide bonds. The van der Waals surface area contributed by atoms with E-state index in [2.05, 4.69) is 59.5 Å². The third kappa shape index (κ3) is 4.39. The Morgan fingerprint density at radius 3 is 2.30 bits per heavy atom. The Bertz CT molecular complexity index is 1300. The number of rotatable bonds is 7. The van der Waals surface area contributed by atoms with Crippen molar-refractivity contribution >= 4 is 11.5 Å². The molecule has 3 N–H and O–H groups in total. The SMILES string of the molecule is C=C(C)[C@@H]1CC[C@]2(CNCCO)CC[C@]3(C)[C@H](CC[C@@H]4[C@@]5(C)CC=C(c6ccc(C(=O)O)cc6)C(C)(C)[C@@H]5CC[C@]43C)[C@@H]12. The number of aliphatic hydroxyl groups is 1. The molecule has 4 fully saturated rings. The van der Waals surface area contributed by atoms with Crippen LogP contribution in [-0.2, 0) is 0 Å². The maximum absolute atomic E-state index is 11.5. The van der Waals surface area contributed by atoms with Crippen molar-refractivity contribution in [3.63, 3.8) is 0 Å². The molecule has 4 nitrogen and oxygen atoms in total. The molecule has 6 rings (SSSR count). The minimum atomic E-state index is -0.861. The molecule has 0 aliphatic heterocycles. The Labute approximate surface area is 260 Å². The molecular weight excluding hydrogens is 530 g/mol. The number of aromatic carboxylic acids is 1. The molecule has 0 bridgehead atoms. The summed E-state index contributed by atoms with van der Waals surface area (Å²) in [6.45, 7) is 21.8. The van der Waals surface area contributed by atoms with Crippen molar-refractivity contribution in [1.29, 1.82) is 0 Å². The third-order valence-corrected chi connectivity index (χ3v) is 15.0. The summed E-state index contributed by atoms with van der Waals surface area (Å²) in [6.07, 6.45) is 14.1. The van der Waals surface area contributed by atoms with E-state index < -0.39 is 5.97 Å². The smallest absolute Gasteiger partial charge is 0.335 e. The molecule has 0 unspecified atom stereocenters. The van der Waals surface area contributed by atoms with Crippen molar-refractivity contribution in [1.82, 2.24) is 5.32 Å². The van der Waals surface area contributed by atoms with E-state index in [0.29, 0.717) is 52.0 Å². The largest absolute Gasteiger partial charge is 0.478 e.